The van der Waals surface area contributed by atoms with Crippen LogP contribution < -0.4 is 0 Å². The van der Waals surface area contributed by atoms with Crippen LogP contribution in [0.4, 0.5) is 0 Å². The van der Waals surface area contributed by atoms with Crippen LogP contribution >= 0.6 is 0 Å². The van der Waals surface area contributed by atoms with E-state index in [1.54, 1.807) is 0 Å². The van der Waals surface area contributed by atoms with Gasteiger partial charge in [0.05, 0.1) is 33.3 Å². The van der Waals surface area contributed by atoms with Crippen molar-refractivity contribution in [1.82, 2.24) is 4.90 Å². The van der Waals surface area contributed by atoms with Crippen molar-refractivity contribution in [3.8, 4) is 5.75 Å². The van der Waals surface area contributed by atoms with Gasteiger partial charge in [0, 0.05) is 30.8 Å². The van der Waals surface area contributed by atoms with Crippen molar-refractivity contribution in [2.24, 2.45) is 0 Å². The largest absolute Gasteiger partial charge is 0.507 e. The molecule has 0 aliphatic carbocycles. The summed E-state index contributed by atoms with van der Waals surface area (Å²) in [5, 5.41) is 20.2. The molecule has 1 aromatic carbocycles. The zero-order chi connectivity index (χ0) is 18.7. The van der Waals surface area contributed by atoms with Gasteiger partial charge in [0.25, 0.3) is 0 Å². The third-order valence-electron chi connectivity index (χ3n) is 5.66. The van der Waals surface area contributed by atoms with Gasteiger partial charge in [-0.1, -0.05) is 40.2 Å². The number of aliphatic hydroxyl groups excluding tert-OH is 1. The monoisotopic (exact) mass is 349 g/mol. The summed E-state index contributed by atoms with van der Waals surface area (Å²) in [5.41, 5.74) is 2.76. The third-order valence-corrected chi connectivity index (χ3v) is 5.66. The van der Waals surface area contributed by atoms with Crippen molar-refractivity contribution in [2.45, 2.75) is 59.1 Å². The smallest absolute Gasteiger partial charge is 0.125 e. The summed E-state index contributed by atoms with van der Waals surface area (Å²) in [5.74, 6) is 0.268. The highest BCUT2D eigenvalue weighted by Crippen LogP contribution is 2.32. The maximum atomic E-state index is 10.5. The fourth-order valence-electron chi connectivity index (χ4n) is 3.59. The van der Waals surface area contributed by atoms with Gasteiger partial charge < -0.3 is 14.7 Å². The summed E-state index contributed by atoms with van der Waals surface area (Å²) in [4.78, 5) is 2.44. The van der Waals surface area contributed by atoms with E-state index in [0.717, 1.165) is 25.2 Å². The van der Waals surface area contributed by atoms with E-state index in [4.69, 9.17) is 0 Å². The summed E-state index contributed by atoms with van der Waals surface area (Å²) in [6.07, 6.45) is 2.56. The van der Waals surface area contributed by atoms with Crippen molar-refractivity contribution in [1.29, 1.82) is 0 Å². The molecule has 4 nitrogen and oxygen atoms in total. The normalized spacial score (nSPS) is 18.5. The fourth-order valence-corrected chi connectivity index (χ4v) is 3.59. The van der Waals surface area contributed by atoms with Gasteiger partial charge in [0.15, 0.2) is 0 Å². The van der Waals surface area contributed by atoms with Crippen LogP contribution in [0.5, 0.6) is 5.75 Å². The Kier molecular flexibility index (Phi) is 6.52. The molecule has 1 fully saturated rings. The number of aromatic hydroxyl groups is 1. The molecule has 0 unspecified atom stereocenters. The third kappa shape index (κ3) is 5.19. The van der Waals surface area contributed by atoms with Gasteiger partial charge in [-0.2, -0.15) is 0 Å². The van der Waals surface area contributed by atoms with Crippen molar-refractivity contribution in [3.63, 3.8) is 0 Å². The fraction of sp³-hybridized carbons (Fsp3) is 0.714. The Bertz CT molecular complexity index is 570. The van der Waals surface area contributed by atoms with E-state index in [-0.39, 0.29) is 17.8 Å². The molecule has 1 saturated heterocycles. The molecule has 25 heavy (non-hydrogen) atoms. The highest BCUT2D eigenvalue weighted by molar-refractivity contribution is 5.45. The Balaban J connectivity index is 2.10. The number of hydrogen-bond acceptors (Lipinski definition) is 3. The van der Waals surface area contributed by atoms with E-state index in [0.29, 0.717) is 5.56 Å². The second-order valence-electron chi connectivity index (χ2n) is 8.97. The first-order valence-electron chi connectivity index (χ1n) is 9.70. The Labute approximate surface area is 153 Å². The van der Waals surface area contributed by atoms with Gasteiger partial charge >= 0.3 is 0 Å². The van der Waals surface area contributed by atoms with Gasteiger partial charge in [0.2, 0.25) is 0 Å². The molecule has 0 radical (unpaired) electrons. The Morgan fingerprint density at radius 1 is 1.12 bits per heavy atom. The lowest BCUT2D eigenvalue weighted by Crippen LogP contribution is -2.57. The standard InChI is InChI=1S/C21H36N2O2/c1-6-7-10-23(5)11-8-22(9-12-23)15-17-13-19(21(2,3)4)14-18(16-24)20(17)25/h13-14,24H,6-12,15-16H2,1-5H3/p+1. The second kappa shape index (κ2) is 8.07. The molecule has 0 spiro atoms. The van der Waals surface area contributed by atoms with E-state index < -0.39 is 0 Å². The van der Waals surface area contributed by atoms with E-state index in [9.17, 15) is 10.2 Å². The summed E-state index contributed by atoms with van der Waals surface area (Å²) in [6, 6.07) is 4.06. The maximum Gasteiger partial charge on any atom is 0.125 e. The van der Waals surface area contributed by atoms with Crippen LogP contribution in [0.2, 0.25) is 0 Å². The SMILES string of the molecule is CCCC[N+]1(C)CCN(Cc2cc(C(C)(C)C)cc(CO)c2O)CC1. The molecular weight excluding hydrogens is 312 g/mol. The van der Waals surface area contributed by atoms with Crippen molar-refractivity contribution in [3.05, 3.63) is 28.8 Å². The van der Waals surface area contributed by atoms with Crippen LogP contribution in [0.1, 0.15) is 57.2 Å². The lowest BCUT2D eigenvalue weighted by Gasteiger charge is -2.42. The van der Waals surface area contributed by atoms with Gasteiger partial charge in [-0.15, -0.1) is 0 Å². The average molecular weight is 350 g/mol. The van der Waals surface area contributed by atoms with E-state index in [2.05, 4.69) is 45.7 Å². The highest BCUT2D eigenvalue weighted by Gasteiger charge is 2.29. The number of phenols is 1. The predicted octanol–water partition coefficient (Wildman–Crippen LogP) is 3.24. The molecule has 2 rings (SSSR count). The summed E-state index contributed by atoms with van der Waals surface area (Å²) in [7, 11) is 2.37. The van der Waals surface area contributed by atoms with Crippen LogP contribution in [0, 0.1) is 0 Å². The molecule has 1 aliphatic rings. The van der Waals surface area contributed by atoms with Crippen LogP contribution in [0.15, 0.2) is 12.1 Å². The molecule has 0 atom stereocenters. The maximum absolute atomic E-state index is 10.5. The first-order valence-corrected chi connectivity index (χ1v) is 9.70. The minimum absolute atomic E-state index is 0.00385. The molecular formula is C21H37N2O2+. The minimum atomic E-state index is -0.116. The number of rotatable bonds is 6. The Hall–Kier alpha value is -1.10. The van der Waals surface area contributed by atoms with Crippen LogP contribution in [0.3, 0.4) is 0 Å². The van der Waals surface area contributed by atoms with Crippen LogP contribution in [-0.2, 0) is 18.6 Å². The highest BCUT2D eigenvalue weighted by atomic mass is 16.3. The predicted molar refractivity (Wildman–Crippen MR) is 104 cm³/mol. The number of unbranched alkanes of at least 4 members (excludes halogenated alkanes) is 1. The topological polar surface area (TPSA) is 43.7 Å². The van der Waals surface area contributed by atoms with Gasteiger partial charge in [0.1, 0.15) is 5.75 Å². The van der Waals surface area contributed by atoms with Crippen LogP contribution in [-0.4, -0.2) is 59.4 Å². The number of quaternary nitrogens is 1. The first-order chi connectivity index (χ1) is 11.7. The zero-order valence-electron chi connectivity index (χ0n) is 16.8. The number of aliphatic hydroxyl groups is 1. The molecule has 2 N–H and O–H groups in total. The zero-order valence-corrected chi connectivity index (χ0v) is 16.8. The first kappa shape index (κ1) is 20.2. The van der Waals surface area contributed by atoms with Crippen molar-refractivity contribution >= 4 is 0 Å². The number of likely N-dealkylation sites (N-methyl/N-ethyl adjacent to an activating group) is 1. The molecule has 1 aliphatic heterocycles. The van der Waals surface area contributed by atoms with Crippen LogP contribution in [0.25, 0.3) is 0 Å². The van der Waals surface area contributed by atoms with E-state index in [1.165, 1.54) is 42.5 Å². The molecule has 142 valence electrons. The molecule has 1 aromatic rings. The molecule has 0 bridgehead atoms. The van der Waals surface area contributed by atoms with Gasteiger partial charge in [-0.25, -0.2) is 0 Å². The van der Waals surface area contributed by atoms with E-state index >= 15 is 0 Å². The second-order valence-corrected chi connectivity index (χ2v) is 8.97. The summed E-state index contributed by atoms with van der Waals surface area (Å²) >= 11 is 0. The Morgan fingerprint density at radius 3 is 2.24 bits per heavy atom. The number of benzene rings is 1. The van der Waals surface area contributed by atoms with Crippen molar-refractivity contribution in [2.75, 3.05) is 39.8 Å². The number of nitrogens with zero attached hydrogens (tertiary/aromatic N) is 2. The summed E-state index contributed by atoms with van der Waals surface area (Å²) < 4.78 is 1.17. The lowest BCUT2D eigenvalue weighted by atomic mass is 9.84. The number of hydrogen-bond donors (Lipinski definition) is 2. The van der Waals surface area contributed by atoms with Gasteiger partial charge in [-0.3, -0.25) is 4.90 Å². The van der Waals surface area contributed by atoms with Gasteiger partial charge in [-0.05, 0) is 23.5 Å². The molecule has 0 saturated carbocycles. The average Bonchev–Trinajstić information content (AvgIpc) is 2.56. The molecule has 1 heterocycles. The van der Waals surface area contributed by atoms with E-state index in [1.807, 2.05) is 6.07 Å². The molecule has 0 amide bonds. The minimum Gasteiger partial charge on any atom is -0.507 e. The lowest BCUT2D eigenvalue weighted by molar-refractivity contribution is -0.914. The Morgan fingerprint density at radius 2 is 1.72 bits per heavy atom. The van der Waals surface area contributed by atoms with Crippen molar-refractivity contribution < 1.29 is 14.7 Å². The summed E-state index contributed by atoms with van der Waals surface area (Å²) in [6.45, 7) is 15.1. The quantitative estimate of drug-likeness (QED) is 0.775. The number of piperazine rings is 1. The molecule has 4 heteroatoms. The molecule has 0 aromatic heterocycles.